The summed E-state index contributed by atoms with van der Waals surface area (Å²) in [6.07, 6.45) is 0.563. The summed E-state index contributed by atoms with van der Waals surface area (Å²) in [4.78, 5) is 23.6. The molecule has 5 heteroatoms. The molecule has 1 saturated heterocycles. The zero-order valence-electron chi connectivity index (χ0n) is 8.40. The fourth-order valence-electron chi connectivity index (χ4n) is 1.69. The van der Waals surface area contributed by atoms with E-state index in [1.54, 1.807) is 6.92 Å². The molecule has 0 spiro atoms. The molecule has 0 saturated carbocycles. The van der Waals surface area contributed by atoms with E-state index >= 15 is 0 Å². The van der Waals surface area contributed by atoms with Crippen LogP contribution in [0.3, 0.4) is 0 Å². The highest BCUT2D eigenvalue weighted by Crippen LogP contribution is 2.18. The van der Waals surface area contributed by atoms with Gasteiger partial charge in [-0.2, -0.15) is 0 Å². The molecule has 0 aliphatic carbocycles. The summed E-state index contributed by atoms with van der Waals surface area (Å²) < 4.78 is 5.03. The molecular weight excluding hydrogens is 186 g/mol. The van der Waals surface area contributed by atoms with Crippen molar-refractivity contribution in [2.45, 2.75) is 31.9 Å². The van der Waals surface area contributed by atoms with E-state index in [9.17, 15) is 9.59 Å². The summed E-state index contributed by atoms with van der Waals surface area (Å²) in [5, 5.41) is 8.88. The molecule has 1 aliphatic rings. The summed E-state index contributed by atoms with van der Waals surface area (Å²) in [5.74, 6) is -1.08. The van der Waals surface area contributed by atoms with Gasteiger partial charge in [0.25, 0.3) is 0 Å². The first kappa shape index (κ1) is 11.0. The monoisotopic (exact) mass is 201 g/mol. The standard InChI is InChI=1S/C9H15NO4/c1-3-7(9(12)13)10-5-6(14-2)4-8(10)11/h6-7H,3-5H2,1-2H3,(H,12,13). The highest BCUT2D eigenvalue weighted by atomic mass is 16.5. The van der Waals surface area contributed by atoms with Gasteiger partial charge >= 0.3 is 5.97 Å². The van der Waals surface area contributed by atoms with Gasteiger partial charge in [0, 0.05) is 13.7 Å². The number of carbonyl (C=O) groups is 2. The molecule has 0 aromatic rings. The highest BCUT2D eigenvalue weighted by molar-refractivity contribution is 5.85. The second-order valence-electron chi connectivity index (χ2n) is 3.37. The second-order valence-corrected chi connectivity index (χ2v) is 3.37. The topological polar surface area (TPSA) is 66.8 Å². The van der Waals surface area contributed by atoms with Crippen LogP contribution in [0.15, 0.2) is 0 Å². The number of ether oxygens (including phenoxy) is 1. The molecule has 80 valence electrons. The SMILES string of the molecule is CCC(C(=O)O)N1CC(OC)CC1=O. The lowest BCUT2D eigenvalue weighted by Gasteiger charge is -2.23. The van der Waals surface area contributed by atoms with E-state index in [1.807, 2.05) is 0 Å². The lowest BCUT2D eigenvalue weighted by atomic mass is 10.2. The Bertz CT molecular complexity index is 241. The van der Waals surface area contributed by atoms with Crippen molar-refractivity contribution < 1.29 is 19.4 Å². The minimum Gasteiger partial charge on any atom is -0.480 e. The molecule has 1 fully saturated rings. The van der Waals surface area contributed by atoms with Crippen LogP contribution < -0.4 is 0 Å². The van der Waals surface area contributed by atoms with Gasteiger partial charge in [-0.15, -0.1) is 0 Å². The molecule has 1 aliphatic heterocycles. The number of aliphatic carboxylic acids is 1. The van der Waals surface area contributed by atoms with Crippen LogP contribution in [0.2, 0.25) is 0 Å². The van der Waals surface area contributed by atoms with Gasteiger partial charge in [0.2, 0.25) is 5.91 Å². The van der Waals surface area contributed by atoms with Gasteiger partial charge in [-0.25, -0.2) is 4.79 Å². The zero-order chi connectivity index (χ0) is 10.7. The Kier molecular flexibility index (Phi) is 3.46. The van der Waals surface area contributed by atoms with E-state index in [1.165, 1.54) is 12.0 Å². The van der Waals surface area contributed by atoms with E-state index in [-0.39, 0.29) is 12.0 Å². The maximum absolute atomic E-state index is 11.4. The van der Waals surface area contributed by atoms with E-state index < -0.39 is 12.0 Å². The van der Waals surface area contributed by atoms with Gasteiger partial charge in [0.05, 0.1) is 12.5 Å². The number of likely N-dealkylation sites (tertiary alicyclic amines) is 1. The first-order valence-electron chi connectivity index (χ1n) is 4.65. The van der Waals surface area contributed by atoms with Crippen molar-refractivity contribution in [3.05, 3.63) is 0 Å². The zero-order valence-corrected chi connectivity index (χ0v) is 8.40. The Hall–Kier alpha value is -1.10. The van der Waals surface area contributed by atoms with E-state index in [0.717, 1.165) is 0 Å². The minimum absolute atomic E-state index is 0.133. The van der Waals surface area contributed by atoms with Gasteiger partial charge in [0.1, 0.15) is 6.04 Å². The number of rotatable bonds is 4. The summed E-state index contributed by atoms with van der Waals surface area (Å²) in [5.41, 5.74) is 0. The number of carboxylic acid groups (broad SMARTS) is 1. The largest absolute Gasteiger partial charge is 0.480 e. The van der Waals surface area contributed by atoms with Crippen molar-refractivity contribution in [1.29, 1.82) is 0 Å². The van der Waals surface area contributed by atoms with Gasteiger partial charge < -0.3 is 14.7 Å². The van der Waals surface area contributed by atoms with Crippen LogP contribution in [-0.2, 0) is 14.3 Å². The molecule has 0 aromatic heterocycles. The Morgan fingerprint density at radius 1 is 1.79 bits per heavy atom. The fraction of sp³-hybridized carbons (Fsp3) is 0.778. The van der Waals surface area contributed by atoms with Gasteiger partial charge in [0.15, 0.2) is 0 Å². The summed E-state index contributed by atoms with van der Waals surface area (Å²) in [6.45, 7) is 2.15. The molecule has 14 heavy (non-hydrogen) atoms. The predicted molar refractivity (Wildman–Crippen MR) is 48.8 cm³/mol. The first-order chi connectivity index (χ1) is 6.60. The Labute approximate surface area is 82.6 Å². The number of carbonyl (C=O) groups excluding carboxylic acids is 1. The number of methoxy groups -OCH3 is 1. The lowest BCUT2D eigenvalue weighted by Crippen LogP contribution is -2.42. The molecule has 1 amide bonds. The Morgan fingerprint density at radius 3 is 2.79 bits per heavy atom. The summed E-state index contributed by atoms with van der Waals surface area (Å²) >= 11 is 0. The Balaban J connectivity index is 2.68. The molecule has 0 radical (unpaired) electrons. The molecule has 0 aromatic carbocycles. The average Bonchev–Trinajstić information content (AvgIpc) is 2.48. The Morgan fingerprint density at radius 2 is 2.43 bits per heavy atom. The molecule has 2 unspecified atom stereocenters. The number of carboxylic acids is 1. The molecule has 1 N–H and O–H groups in total. The van der Waals surface area contributed by atoms with Crippen LogP contribution in [0.5, 0.6) is 0 Å². The molecular formula is C9H15NO4. The van der Waals surface area contributed by atoms with E-state index in [2.05, 4.69) is 0 Å². The van der Waals surface area contributed by atoms with Crippen molar-refractivity contribution >= 4 is 11.9 Å². The normalized spacial score (nSPS) is 24.0. The lowest BCUT2D eigenvalue weighted by molar-refractivity contribution is -0.148. The maximum atomic E-state index is 11.4. The van der Waals surface area contributed by atoms with Crippen molar-refractivity contribution in [3.8, 4) is 0 Å². The van der Waals surface area contributed by atoms with E-state index in [0.29, 0.717) is 19.4 Å². The van der Waals surface area contributed by atoms with Crippen molar-refractivity contribution in [1.82, 2.24) is 4.90 Å². The van der Waals surface area contributed by atoms with Gasteiger partial charge in [-0.1, -0.05) is 6.92 Å². The number of amides is 1. The number of hydrogen-bond acceptors (Lipinski definition) is 3. The van der Waals surface area contributed by atoms with Crippen molar-refractivity contribution in [2.24, 2.45) is 0 Å². The smallest absolute Gasteiger partial charge is 0.326 e. The molecule has 1 rings (SSSR count). The highest BCUT2D eigenvalue weighted by Gasteiger charge is 2.36. The van der Waals surface area contributed by atoms with Gasteiger partial charge in [-0.05, 0) is 6.42 Å². The average molecular weight is 201 g/mol. The predicted octanol–water partition coefficient (Wildman–Crippen LogP) is 0.0969. The van der Waals surface area contributed by atoms with Crippen LogP contribution >= 0.6 is 0 Å². The molecule has 0 bridgehead atoms. The van der Waals surface area contributed by atoms with Crippen molar-refractivity contribution in [3.63, 3.8) is 0 Å². The number of hydrogen-bond donors (Lipinski definition) is 1. The third-order valence-electron chi connectivity index (χ3n) is 2.50. The van der Waals surface area contributed by atoms with Crippen LogP contribution in [0.25, 0.3) is 0 Å². The first-order valence-corrected chi connectivity index (χ1v) is 4.65. The number of nitrogens with zero attached hydrogens (tertiary/aromatic N) is 1. The molecule has 5 nitrogen and oxygen atoms in total. The molecule has 1 heterocycles. The van der Waals surface area contributed by atoms with Crippen LogP contribution in [0.4, 0.5) is 0 Å². The maximum Gasteiger partial charge on any atom is 0.326 e. The second kappa shape index (κ2) is 4.41. The minimum atomic E-state index is -0.947. The van der Waals surface area contributed by atoms with E-state index in [4.69, 9.17) is 9.84 Å². The van der Waals surface area contributed by atoms with Crippen LogP contribution in [0.1, 0.15) is 19.8 Å². The van der Waals surface area contributed by atoms with Gasteiger partial charge in [-0.3, -0.25) is 4.79 Å². The fourth-order valence-corrected chi connectivity index (χ4v) is 1.69. The summed E-state index contributed by atoms with van der Waals surface area (Å²) in [7, 11) is 1.53. The third kappa shape index (κ3) is 2.04. The quantitative estimate of drug-likeness (QED) is 0.700. The van der Waals surface area contributed by atoms with Crippen LogP contribution in [0, 0.1) is 0 Å². The van der Waals surface area contributed by atoms with Crippen LogP contribution in [-0.4, -0.2) is 47.7 Å². The summed E-state index contributed by atoms with van der Waals surface area (Å²) in [6, 6.07) is -0.706. The third-order valence-corrected chi connectivity index (χ3v) is 2.50. The van der Waals surface area contributed by atoms with Crippen molar-refractivity contribution in [2.75, 3.05) is 13.7 Å². The molecule has 2 atom stereocenters.